The number of aromatic nitrogens is 5. The van der Waals surface area contributed by atoms with E-state index >= 15 is 0 Å². The second-order valence-corrected chi connectivity index (χ2v) is 17.3. The van der Waals surface area contributed by atoms with E-state index in [-0.39, 0.29) is 36.5 Å². The fraction of sp³-hybridized carbons (Fsp3) is 0.395. The number of fused-ring (bicyclic) bond motifs is 3. The molecule has 3 amide bonds. The van der Waals surface area contributed by atoms with Crippen LogP contribution < -0.4 is 16.3 Å². The van der Waals surface area contributed by atoms with Gasteiger partial charge < -0.3 is 10.4 Å². The maximum absolute atomic E-state index is 14.2. The van der Waals surface area contributed by atoms with Crippen LogP contribution in [0.5, 0.6) is 5.75 Å². The monoisotopic (exact) mass is 840 g/mol. The Morgan fingerprint density at radius 2 is 1.80 bits per heavy atom. The molecule has 3 aromatic carbocycles. The lowest BCUT2D eigenvalue weighted by Gasteiger charge is -2.28. The molecule has 9 rings (SSSR count). The van der Waals surface area contributed by atoms with Gasteiger partial charge in [0.15, 0.2) is 17.4 Å². The third-order valence-corrected chi connectivity index (χ3v) is 13.4. The first kappa shape index (κ1) is 39.6. The minimum absolute atomic E-state index is 0.116. The highest BCUT2D eigenvalue weighted by Crippen LogP contribution is 2.36. The second kappa shape index (κ2) is 16.0. The van der Waals surface area contributed by atoms with Crippen molar-refractivity contribution in [2.75, 3.05) is 19.6 Å². The molecule has 3 aromatic heterocycles. The number of imidazole rings is 1. The Bertz CT molecular complexity index is 2750. The molecule has 1 unspecified atom stereocenters. The summed E-state index contributed by atoms with van der Waals surface area (Å²) in [6, 6.07) is 12.2. The lowest BCUT2D eigenvalue weighted by atomic mass is 9.86. The number of benzene rings is 3. The number of amides is 3. The maximum atomic E-state index is 14.2. The highest BCUT2D eigenvalue weighted by atomic mass is 32.1. The van der Waals surface area contributed by atoms with E-state index in [1.54, 1.807) is 23.0 Å². The number of carbonyl (C=O) groups is 3. The summed E-state index contributed by atoms with van der Waals surface area (Å²) in [6.07, 6.45) is 8.45. The van der Waals surface area contributed by atoms with E-state index in [4.69, 9.17) is 10.1 Å². The van der Waals surface area contributed by atoms with Gasteiger partial charge in [-0.25, -0.2) is 18.6 Å². The van der Waals surface area contributed by atoms with Crippen molar-refractivity contribution in [2.45, 2.75) is 76.4 Å². The van der Waals surface area contributed by atoms with Gasteiger partial charge in [0, 0.05) is 61.5 Å². The number of imide groups is 1. The standard InChI is InChI=1S/C43H43F3N8O5S/c1-51-34-17-23(6-11-32(34)54(43(51)59)33-12-13-36(55)49-41(33)58)3-2-15-52-16-14-30-35(22-52)60-42(48-30)25-7-8-26-21-53(50-31(26)18-25)27-9-4-24(5-10-27)20-47-40(57)28-19-29(44)39(56)38(46)37(28)45/h6-8,11,17-19,21,24,27,33,56H,2-5,9-10,12-16,20,22H2,1H3,(H,47,57)(H,49,55,58). The highest BCUT2D eigenvalue weighted by molar-refractivity contribution is 7.15. The van der Waals surface area contributed by atoms with Crippen LogP contribution in [-0.4, -0.2) is 71.3 Å². The van der Waals surface area contributed by atoms with Gasteiger partial charge in [-0.3, -0.25) is 38.4 Å². The molecule has 17 heteroatoms. The van der Waals surface area contributed by atoms with Gasteiger partial charge in [-0.2, -0.15) is 9.49 Å². The number of nitrogens with one attached hydrogen (secondary N) is 2. The molecule has 312 valence electrons. The van der Waals surface area contributed by atoms with E-state index in [0.717, 1.165) is 103 Å². The number of halogens is 3. The van der Waals surface area contributed by atoms with Crippen molar-refractivity contribution in [2.24, 2.45) is 13.0 Å². The highest BCUT2D eigenvalue weighted by Gasteiger charge is 2.32. The van der Waals surface area contributed by atoms with Crippen molar-refractivity contribution in [3.63, 3.8) is 0 Å². The number of nitrogens with zero attached hydrogens (tertiary/aromatic N) is 6. The van der Waals surface area contributed by atoms with Crippen LogP contribution in [0, 0.1) is 23.4 Å². The van der Waals surface area contributed by atoms with Crippen molar-refractivity contribution >= 4 is 51.0 Å². The van der Waals surface area contributed by atoms with E-state index < -0.39 is 46.6 Å². The normalized spacial score (nSPS) is 19.8. The minimum atomic E-state index is -1.78. The predicted octanol–water partition coefficient (Wildman–Crippen LogP) is 6.07. The maximum Gasteiger partial charge on any atom is 0.329 e. The number of phenols is 1. The van der Waals surface area contributed by atoms with Crippen LogP contribution in [0.25, 0.3) is 32.5 Å². The molecule has 5 heterocycles. The first-order valence-corrected chi connectivity index (χ1v) is 21.1. The zero-order valence-electron chi connectivity index (χ0n) is 32.8. The molecule has 3 N–H and O–H groups in total. The summed E-state index contributed by atoms with van der Waals surface area (Å²) in [7, 11) is 1.71. The minimum Gasteiger partial charge on any atom is -0.503 e. The molecule has 2 fully saturated rings. The summed E-state index contributed by atoms with van der Waals surface area (Å²) < 4.78 is 46.7. The van der Waals surface area contributed by atoms with Crippen LogP contribution in [0.2, 0.25) is 0 Å². The van der Waals surface area contributed by atoms with E-state index in [1.807, 2.05) is 22.9 Å². The van der Waals surface area contributed by atoms with Gasteiger partial charge in [0.05, 0.1) is 33.8 Å². The summed E-state index contributed by atoms with van der Waals surface area (Å²) in [5, 5.41) is 21.1. The van der Waals surface area contributed by atoms with E-state index in [9.17, 15) is 37.5 Å². The lowest BCUT2D eigenvalue weighted by molar-refractivity contribution is -0.135. The van der Waals surface area contributed by atoms with Crippen molar-refractivity contribution in [3.8, 4) is 16.3 Å². The van der Waals surface area contributed by atoms with Crippen LogP contribution in [-0.2, 0) is 36.0 Å². The molecular weight excluding hydrogens is 798 g/mol. The van der Waals surface area contributed by atoms with Crippen LogP contribution in [0.1, 0.15) is 83.5 Å². The number of rotatable bonds is 10. The molecule has 1 atom stereocenters. The van der Waals surface area contributed by atoms with Gasteiger partial charge in [-0.05, 0) is 87.2 Å². The number of hydrogen-bond donors (Lipinski definition) is 3. The molecule has 1 saturated heterocycles. The van der Waals surface area contributed by atoms with Crippen molar-refractivity contribution in [1.82, 2.24) is 39.4 Å². The number of phenolic OH excluding ortho intramolecular Hbond substituents is 1. The first-order valence-electron chi connectivity index (χ1n) is 20.3. The van der Waals surface area contributed by atoms with Gasteiger partial charge in [0.25, 0.3) is 5.91 Å². The molecule has 6 aromatic rings. The molecule has 2 aliphatic heterocycles. The quantitative estimate of drug-likeness (QED) is 0.111. The van der Waals surface area contributed by atoms with E-state index in [0.29, 0.717) is 18.0 Å². The first-order chi connectivity index (χ1) is 28.9. The molecule has 3 aliphatic rings. The summed E-state index contributed by atoms with van der Waals surface area (Å²) in [5.74, 6) is -7.78. The Balaban J connectivity index is 0.781. The largest absolute Gasteiger partial charge is 0.503 e. The third kappa shape index (κ3) is 7.48. The molecule has 1 saturated carbocycles. The van der Waals surface area contributed by atoms with Crippen LogP contribution in [0.3, 0.4) is 0 Å². The number of aromatic hydroxyl groups is 1. The van der Waals surface area contributed by atoms with Crippen molar-refractivity contribution in [1.29, 1.82) is 0 Å². The third-order valence-electron chi connectivity index (χ3n) is 12.3. The summed E-state index contributed by atoms with van der Waals surface area (Å²) in [4.78, 5) is 58.7. The van der Waals surface area contributed by atoms with Gasteiger partial charge in [0.1, 0.15) is 11.0 Å². The summed E-state index contributed by atoms with van der Waals surface area (Å²) >= 11 is 1.72. The topological polar surface area (TPSA) is 156 Å². The number of aryl methyl sites for hydroxylation is 2. The number of thiazole rings is 1. The predicted molar refractivity (Wildman–Crippen MR) is 218 cm³/mol. The molecular formula is C43H43F3N8O5S. The fourth-order valence-corrected chi connectivity index (χ4v) is 10.1. The SMILES string of the molecule is Cn1c(=O)n(C2CCC(=O)NC2=O)c2ccc(CCCN3CCc4nc(-c5ccc6cn(C7CCC(CNC(=O)c8cc(F)c(O)c(F)c8F)CC7)nc6c5)sc4C3)cc21. The van der Waals surface area contributed by atoms with Gasteiger partial charge in [0.2, 0.25) is 17.6 Å². The molecule has 0 spiro atoms. The Labute approximate surface area is 345 Å². The second-order valence-electron chi connectivity index (χ2n) is 16.2. The average molecular weight is 841 g/mol. The average Bonchev–Trinajstić information content (AvgIpc) is 3.94. The molecule has 0 radical (unpaired) electrons. The van der Waals surface area contributed by atoms with E-state index in [1.165, 1.54) is 9.44 Å². The van der Waals surface area contributed by atoms with Crippen LogP contribution >= 0.6 is 11.3 Å². The molecule has 0 bridgehead atoms. The summed E-state index contributed by atoms with van der Waals surface area (Å²) in [6.45, 7) is 2.92. The van der Waals surface area contributed by atoms with Gasteiger partial charge in [-0.15, -0.1) is 11.3 Å². The van der Waals surface area contributed by atoms with Crippen molar-refractivity contribution in [3.05, 3.63) is 98.3 Å². The number of carbonyl (C=O) groups excluding carboxylic acids is 3. The molecule has 13 nitrogen and oxygen atoms in total. The summed E-state index contributed by atoms with van der Waals surface area (Å²) in [5.41, 5.74) is 4.58. The van der Waals surface area contributed by atoms with Gasteiger partial charge >= 0.3 is 5.69 Å². The Morgan fingerprint density at radius 3 is 2.60 bits per heavy atom. The Hall–Kier alpha value is -5.81. The van der Waals surface area contributed by atoms with E-state index in [2.05, 4.69) is 39.9 Å². The number of piperidine rings is 1. The van der Waals surface area contributed by atoms with Gasteiger partial charge in [-0.1, -0.05) is 18.2 Å². The Kier molecular flexibility index (Phi) is 10.6. The van der Waals surface area contributed by atoms with Crippen LogP contribution in [0.4, 0.5) is 13.2 Å². The van der Waals surface area contributed by atoms with Crippen LogP contribution in [0.15, 0.2) is 53.5 Å². The molecule has 1 aliphatic carbocycles. The zero-order valence-corrected chi connectivity index (χ0v) is 33.7. The lowest BCUT2D eigenvalue weighted by Crippen LogP contribution is -2.44. The number of hydrogen-bond acceptors (Lipinski definition) is 9. The van der Waals surface area contributed by atoms with Crippen molar-refractivity contribution < 1.29 is 32.7 Å². The zero-order chi connectivity index (χ0) is 41.8. The Morgan fingerprint density at radius 1 is 0.983 bits per heavy atom. The molecule has 60 heavy (non-hydrogen) atoms. The smallest absolute Gasteiger partial charge is 0.329 e. The fourth-order valence-electron chi connectivity index (χ4n) is 8.92.